The summed E-state index contributed by atoms with van der Waals surface area (Å²) in [6.07, 6.45) is 0. The van der Waals surface area contributed by atoms with Gasteiger partial charge in [-0.3, -0.25) is 0 Å². The van der Waals surface area contributed by atoms with Gasteiger partial charge in [-0.2, -0.15) is 0 Å². The molecule has 1 aromatic carbocycles. The van der Waals surface area contributed by atoms with Crippen LogP contribution in [0.2, 0.25) is 0 Å². The molecule has 0 aliphatic rings. The summed E-state index contributed by atoms with van der Waals surface area (Å²) in [6.45, 7) is 3.17. The molecule has 0 fully saturated rings. The molecular formula is C8H11F3NPSi. The lowest BCUT2D eigenvalue weighted by molar-refractivity contribution is 0.477. The number of halogens is 3. The fourth-order valence-electron chi connectivity index (χ4n) is 1.13. The van der Waals surface area contributed by atoms with E-state index in [9.17, 15) is 12.3 Å². The van der Waals surface area contributed by atoms with Gasteiger partial charge in [-0.25, -0.2) is 16.7 Å². The minimum absolute atomic E-state index is 0.699. The third-order valence-corrected chi connectivity index (χ3v) is 6.22. The van der Waals surface area contributed by atoms with E-state index in [2.05, 4.69) is 4.41 Å². The third-order valence-electron chi connectivity index (χ3n) is 1.75. The number of benzene rings is 1. The Morgan fingerprint density at radius 3 is 2.00 bits per heavy atom. The van der Waals surface area contributed by atoms with Crippen molar-refractivity contribution in [1.29, 1.82) is 0 Å². The molecule has 1 rings (SSSR count). The van der Waals surface area contributed by atoms with Gasteiger partial charge in [-0.1, -0.05) is 30.3 Å². The summed E-state index contributed by atoms with van der Waals surface area (Å²) in [6, 6.07) is 8.68. The second kappa shape index (κ2) is 3.91. The van der Waals surface area contributed by atoms with Crippen LogP contribution in [0.5, 0.6) is 0 Å². The van der Waals surface area contributed by atoms with Crippen molar-refractivity contribution in [3.63, 3.8) is 0 Å². The van der Waals surface area contributed by atoms with Crippen LogP contribution in [0.4, 0.5) is 12.3 Å². The molecule has 0 atom stereocenters. The predicted molar refractivity (Wildman–Crippen MR) is 56.4 cm³/mol. The van der Waals surface area contributed by atoms with E-state index in [4.69, 9.17) is 0 Å². The molecule has 0 amide bonds. The Morgan fingerprint density at radius 1 is 1.07 bits per heavy atom. The van der Waals surface area contributed by atoms with Gasteiger partial charge in [0.25, 0.3) is 0 Å². The Kier molecular flexibility index (Phi) is 3.22. The number of rotatable bonds is 2. The molecular weight excluding hydrogens is 226 g/mol. The summed E-state index contributed by atoms with van der Waals surface area (Å²) in [4.78, 5) is 0. The van der Waals surface area contributed by atoms with Crippen LogP contribution in [-0.4, -0.2) is 22.6 Å². The molecule has 78 valence electrons. The SMILES string of the molecule is CP(C)(=N[Si](F)(F)F)c1ccccc1. The molecule has 0 heterocycles. The van der Waals surface area contributed by atoms with Crippen molar-refractivity contribution in [3.8, 4) is 0 Å². The smallest absolute Gasteiger partial charge is 0.245 e. The average Bonchev–Trinajstić information content (AvgIpc) is 2.01. The minimum atomic E-state index is -5.80. The van der Waals surface area contributed by atoms with Gasteiger partial charge < -0.3 is 0 Å². The van der Waals surface area contributed by atoms with Gasteiger partial charge in [0, 0.05) is 0 Å². The van der Waals surface area contributed by atoms with Crippen molar-refractivity contribution < 1.29 is 12.3 Å². The lowest BCUT2D eigenvalue weighted by Gasteiger charge is -2.14. The van der Waals surface area contributed by atoms with E-state index in [1.807, 2.05) is 0 Å². The van der Waals surface area contributed by atoms with Crippen LogP contribution in [0.1, 0.15) is 0 Å². The Hall–Kier alpha value is -0.543. The Labute approximate surface area is 82.6 Å². The van der Waals surface area contributed by atoms with Crippen molar-refractivity contribution in [2.24, 2.45) is 4.41 Å². The van der Waals surface area contributed by atoms with Crippen molar-refractivity contribution in [2.75, 3.05) is 13.3 Å². The van der Waals surface area contributed by atoms with Crippen molar-refractivity contribution in [2.45, 2.75) is 0 Å². The molecule has 0 spiro atoms. The molecule has 1 aromatic rings. The van der Waals surface area contributed by atoms with E-state index in [-0.39, 0.29) is 0 Å². The normalized spacial score (nSPS) is 12.6. The molecule has 0 aliphatic carbocycles. The molecule has 1 nitrogen and oxygen atoms in total. The van der Waals surface area contributed by atoms with Crippen LogP contribution in [0.3, 0.4) is 0 Å². The van der Waals surface area contributed by atoms with Crippen LogP contribution in [0, 0.1) is 0 Å². The van der Waals surface area contributed by atoms with E-state index in [0.29, 0.717) is 5.30 Å². The predicted octanol–water partition coefficient (Wildman–Crippen LogP) is 3.12. The first kappa shape index (κ1) is 11.5. The molecule has 0 aromatic heterocycles. The molecule has 0 radical (unpaired) electrons. The van der Waals surface area contributed by atoms with Gasteiger partial charge in [0.2, 0.25) is 0 Å². The highest BCUT2D eigenvalue weighted by atomic mass is 31.2. The van der Waals surface area contributed by atoms with Crippen LogP contribution in [0.25, 0.3) is 0 Å². The van der Waals surface area contributed by atoms with Crippen LogP contribution in [-0.2, 0) is 0 Å². The highest BCUT2D eigenvalue weighted by molar-refractivity contribution is 7.73. The summed E-state index contributed by atoms with van der Waals surface area (Å²) >= 11 is 0. The Morgan fingerprint density at radius 2 is 1.57 bits per heavy atom. The zero-order chi connectivity index (χ0) is 10.8. The van der Waals surface area contributed by atoms with E-state index in [1.165, 1.54) is 0 Å². The van der Waals surface area contributed by atoms with Gasteiger partial charge in [-0.15, -0.1) is 0 Å². The molecule has 0 N–H and O–H groups in total. The van der Waals surface area contributed by atoms with E-state index in [1.54, 1.807) is 43.7 Å². The Balaban J connectivity index is 3.15. The molecule has 0 saturated carbocycles. The summed E-state index contributed by atoms with van der Waals surface area (Å²) in [5.41, 5.74) is 0. The second-order valence-corrected chi connectivity index (χ2v) is 8.34. The quantitative estimate of drug-likeness (QED) is 0.426. The van der Waals surface area contributed by atoms with E-state index >= 15 is 0 Å². The number of hydrogen-bond donors (Lipinski definition) is 0. The van der Waals surface area contributed by atoms with Crippen LogP contribution < -0.4 is 5.30 Å². The van der Waals surface area contributed by atoms with Crippen molar-refractivity contribution in [3.05, 3.63) is 30.3 Å². The molecule has 0 unspecified atom stereocenters. The number of hydrogen-bond acceptors (Lipinski definition) is 1. The maximum Gasteiger partial charge on any atom is 0.772 e. The van der Waals surface area contributed by atoms with Crippen LogP contribution in [0.15, 0.2) is 34.7 Å². The summed E-state index contributed by atoms with van der Waals surface area (Å²) < 4.78 is 39.8. The summed E-state index contributed by atoms with van der Waals surface area (Å²) in [7, 11) is -8.16. The van der Waals surface area contributed by atoms with Gasteiger partial charge in [0.05, 0.1) is 0 Å². The van der Waals surface area contributed by atoms with E-state index in [0.717, 1.165) is 0 Å². The number of nitrogens with zero attached hydrogens (tertiary/aromatic N) is 1. The standard InChI is InChI=1S/C8H11F3NPSi/c1-13(2,12-14(9,10)11)8-6-4-3-5-7-8/h3-7H,1-2H3. The molecule has 0 bridgehead atoms. The Bertz CT molecular complexity index is 355. The third kappa shape index (κ3) is 3.31. The fraction of sp³-hybridized carbons (Fsp3) is 0.250. The van der Waals surface area contributed by atoms with Crippen molar-refractivity contribution in [1.82, 2.24) is 0 Å². The second-order valence-electron chi connectivity index (χ2n) is 3.30. The first-order valence-corrected chi connectivity index (χ1v) is 8.24. The molecule has 14 heavy (non-hydrogen) atoms. The lowest BCUT2D eigenvalue weighted by atomic mass is 10.4. The average molecular weight is 237 g/mol. The zero-order valence-electron chi connectivity index (χ0n) is 7.92. The van der Waals surface area contributed by atoms with Gasteiger partial charge in [0.15, 0.2) is 0 Å². The van der Waals surface area contributed by atoms with Gasteiger partial charge in [-0.05, 0) is 25.7 Å². The monoisotopic (exact) mass is 237 g/mol. The highest BCUT2D eigenvalue weighted by Crippen LogP contribution is 2.42. The zero-order valence-corrected chi connectivity index (χ0v) is 9.81. The largest absolute Gasteiger partial charge is 0.772 e. The van der Waals surface area contributed by atoms with Crippen LogP contribution >= 0.6 is 7.05 Å². The summed E-state index contributed by atoms with van der Waals surface area (Å²) in [5.74, 6) is 0. The maximum absolute atomic E-state index is 12.2. The highest BCUT2D eigenvalue weighted by Gasteiger charge is 2.39. The van der Waals surface area contributed by atoms with E-state index < -0.39 is 16.3 Å². The topological polar surface area (TPSA) is 12.4 Å². The van der Waals surface area contributed by atoms with Crippen molar-refractivity contribution >= 4 is 21.6 Å². The van der Waals surface area contributed by atoms with Gasteiger partial charge in [0.1, 0.15) is 0 Å². The minimum Gasteiger partial charge on any atom is -0.245 e. The lowest BCUT2D eigenvalue weighted by Crippen LogP contribution is -2.13. The fourth-order valence-corrected chi connectivity index (χ4v) is 4.77. The first-order valence-electron chi connectivity index (χ1n) is 4.02. The molecule has 0 saturated heterocycles. The maximum atomic E-state index is 12.2. The summed E-state index contributed by atoms with van der Waals surface area (Å²) in [5, 5.41) is 0.699. The first-order chi connectivity index (χ1) is 6.31. The molecule has 6 heteroatoms. The molecule has 0 aliphatic heterocycles. The van der Waals surface area contributed by atoms with Gasteiger partial charge >= 0.3 is 9.24 Å².